The highest BCUT2D eigenvalue weighted by Gasteiger charge is 2.07. The molecule has 0 fully saturated rings. The second-order valence-corrected chi connectivity index (χ2v) is 7.13. The lowest BCUT2D eigenvalue weighted by atomic mass is 10.2. The molecule has 0 aliphatic heterocycles. The highest BCUT2D eigenvalue weighted by molar-refractivity contribution is 5.62. The maximum atomic E-state index is 12.0. The predicted octanol–water partition coefficient (Wildman–Crippen LogP) is 3.77. The summed E-state index contributed by atoms with van der Waals surface area (Å²) in [5.74, 6) is 0.914. The van der Waals surface area contributed by atoms with Gasteiger partial charge in [-0.3, -0.25) is 4.79 Å². The van der Waals surface area contributed by atoms with E-state index in [1.807, 2.05) is 55.5 Å². The smallest absolute Gasteiger partial charge is 0.250 e. The highest BCUT2D eigenvalue weighted by Crippen LogP contribution is 2.20. The number of pyridine rings is 1. The van der Waals surface area contributed by atoms with Gasteiger partial charge < -0.3 is 14.8 Å². The van der Waals surface area contributed by atoms with Crippen LogP contribution in [0.5, 0.6) is 0 Å². The molecule has 0 radical (unpaired) electrons. The second kappa shape index (κ2) is 8.03. The van der Waals surface area contributed by atoms with Gasteiger partial charge >= 0.3 is 0 Å². The molecule has 0 atom stereocenters. The molecule has 6 nitrogen and oxygen atoms in total. The van der Waals surface area contributed by atoms with Gasteiger partial charge in [0.15, 0.2) is 0 Å². The van der Waals surface area contributed by atoms with Crippen LogP contribution in [-0.4, -0.2) is 28.6 Å². The quantitative estimate of drug-likeness (QED) is 0.722. The average molecular weight is 363 g/mol. The average Bonchev–Trinajstić information content (AvgIpc) is 2.64. The van der Waals surface area contributed by atoms with Crippen LogP contribution in [0.2, 0.25) is 0 Å². The summed E-state index contributed by atoms with van der Waals surface area (Å²) in [7, 11) is 4.02. The number of hydrogen-bond acceptors (Lipinski definition) is 5. The first-order valence-corrected chi connectivity index (χ1v) is 9.00. The summed E-state index contributed by atoms with van der Waals surface area (Å²) in [6, 6.07) is 13.3. The van der Waals surface area contributed by atoms with E-state index in [9.17, 15) is 4.79 Å². The molecule has 0 bridgehead atoms. The van der Waals surface area contributed by atoms with Crippen molar-refractivity contribution in [1.29, 1.82) is 0 Å². The van der Waals surface area contributed by atoms with E-state index in [1.54, 1.807) is 22.9 Å². The van der Waals surface area contributed by atoms with Crippen molar-refractivity contribution in [2.75, 3.05) is 24.3 Å². The van der Waals surface area contributed by atoms with Crippen LogP contribution in [0.1, 0.15) is 13.8 Å². The molecule has 6 heteroatoms. The van der Waals surface area contributed by atoms with Crippen LogP contribution in [0.25, 0.3) is 11.3 Å². The van der Waals surface area contributed by atoms with E-state index in [0.29, 0.717) is 18.4 Å². The largest absolute Gasteiger partial charge is 0.378 e. The van der Waals surface area contributed by atoms with E-state index < -0.39 is 0 Å². The minimum atomic E-state index is 0.000775. The zero-order chi connectivity index (χ0) is 19.4. The van der Waals surface area contributed by atoms with E-state index in [0.717, 1.165) is 22.6 Å². The Morgan fingerprint density at radius 3 is 2.48 bits per heavy atom. The van der Waals surface area contributed by atoms with E-state index in [-0.39, 0.29) is 5.56 Å². The molecule has 0 amide bonds. The van der Waals surface area contributed by atoms with Gasteiger partial charge in [-0.25, -0.2) is 9.97 Å². The predicted molar refractivity (Wildman–Crippen MR) is 111 cm³/mol. The third kappa shape index (κ3) is 4.73. The van der Waals surface area contributed by atoms with Gasteiger partial charge in [-0.15, -0.1) is 0 Å². The van der Waals surface area contributed by atoms with Crippen molar-refractivity contribution in [2.24, 2.45) is 5.92 Å². The summed E-state index contributed by atoms with van der Waals surface area (Å²) in [6.45, 7) is 4.86. The molecule has 0 saturated heterocycles. The molecule has 0 aliphatic rings. The highest BCUT2D eigenvalue weighted by atomic mass is 16.1. The Bertz CT molecular complexity index is 961. The first-order chi connectivity index (χ1) is 12.9. The normalized spacial score (nSPS) is 10.9. The summed E-state index contributed by atoms with van der Waals surface area (Å²) in [4.78, 5) is 23.0. The first kappa shape index (κ1) is 18.6. The van der Waals surface area contributed by atoms with Crippen LogP contribution >= 0.6 is 0 Å². The van der Waals surface area contributed by atoms with Crippen LogP contribution in [0.4, 0.5) is 17.3 Å². The number of hydrogen-bond donors (Lipinski definition) is 1. The molecule has 1 N–H and O–H groups in total. The Balaban J connectivity index is 1.84. The van der Waals surface area contributed by atoms with Crippen LogP contribution in [0.15, 0.2) is 59.7 Å². The SMILES string of the molecule is CC(C)Cn1cc(-c2ccnc(Nc3ccc(N(C)C)cc3)n2)ccc1=O. The number of nitrogens with zero attached hydrogens (tertiary/aromatic N) is 4. The molecular weight excluding hydrogens is 338 g/mol. The van der Waals surface area contributed by atoms with Gasteiger partial charge in [-0.2, -0.15) is 0 Å². The monoisotopic (exact) mass is 363 g/mol. The van der Waals surface area contributed by atoms with E-state index in [2.05, 4.69) is 29.1 Å². The number of nitrogens with one attached hydrogen (secondary N) is 1. The summed E-state index contributed by atoms with van der Waals surface area (Å²) < 4.78 is 1.73. The Labute approximate surface area is 159 Å². The summed E-state index contributed by atoms with van der Waals surface area (Å²) in [5, 5.41) is 3.23. The molecular formula is C21H25N5O. The van der Waals surface area contributed by atoms with E-state index in [4.69, 9.17) is 0 Å². The molecule has 27 heavy (non-hydrogen) atoms. The van der Waals surface area contributed by atoms with Gasteiger partial charge in [0, 0.05) is 56.0 Å². The van der Waals surface area contributed by atoms with Gasteiger partial charge in [0.05, 0.1) is 5.69 Å². The summed E-state index contributed by atoms with van der Waals surface area (Å²) in [6.07, 6.45) is 3.58. The van der Waals surface area contributed by atoms with Crippen LogP contribution in [0.3, 0.4) is 0 Å². The van der Waals surface area contributed by atoms with Crippen molar-refractivity contribution >= 4 is 17.3 Å². The Morgan fingerprint density at radius 1 is 1.07 bits per heavy atom. The van der Waals surface area contributed by atoms with E-state index in [1.165, 1.54) is 0 Å². The molecule has 3 rings (SSSR count). The maximum Gasteiger partial charge on any atom is 0.250 e. The van der Waals surface area contributed by atoms with Gasteiger partial charge in [-0.1, -0.05) is 13.8 Å². The molecule has 2 heterocycles. The van der Waals surface area contributed by atoms with Crippen molar-refractivity contribution in [3.8, 4) is 11.3 Å². The van der Waals surface area contributed by atoms with Gasteiger partial charge in [0.25, 0.3) is 5.56 Å². The lowest BCUT2D eigenvalue weighted by Crippen LogP contribution is -2.21. The molecule has 3 aromatic rings. The number of rotatable bonds is 6. The fourth-order valence-electron chi connectivity index (χ4n) is 2.77. The van der Waals surface area contributed by atoms with Crippen molar-refractivity contribution in [3.05, 3.63) is 65.2 Å². The fourth-order valence-corrected chi connectivity index (χ4v) is 2.77. The summed E-state index contributed by atoms with van der Waals surface area (Å²) in [5.41, 5.74) is 3.71. The van der Waals surface area contributed by atoms with Crippen molar-refractivity contribution in [3.63, 3.8) is 0 Å². The van der Waals surface area contributed by atoms with Crippen LogP contribution < -0.4 is 15.8 Å². The van der Waals surface area contributed by atoms with Crippen LogP contribution in [-0.2, 0) is 6.54 Å². The van der Waals surface area contributed by atoms with Gasteiger partial charge in [-0.05, 0) is 42.3 Å². The molecule has 0 aliphatic carbocycles. The van der Waals surface area contributed by atoms with E-state index >= 15 is 0 Å². The van der Waals surface area contributed by atoms with Crippen molar-refractivity contribution in [2.45, 2.75) is 20.4 Å². The second-order valence-electron chi connectivity index (χ2n) is 7.13. The molecule has 2 aromatic heterocycles. The third-order valence-electron chi connectivity index (χ3n) is 4.14. The molecule has 0 spiro atoms. The molecule has 1 aromatic carbocycles. The molecule has 140 valence electrons. The Hall–Kier alpha value is -3.15. The molecule has 0 saturated carbocycles. The zero-order valence-corrected chi connectivity index (χ0v) is 16.2. The topological polar surface area (TPSA) is 63.1 Å². The fraction of sp³-hybridized carbons (Fsp3) is 0.286. The zero-order valence-electron chi connectivity index (χ0n) is 16.2. The summed E-state index contributed by atoms with van der Waals surface area (Å²) >= 11 is 0. The molecule has 0 unspecified atom stereocenters. The van der Waals surface area contributed by atoms with Crippen molar-refractivity contribution < 1.29 is 0 Å². The number of anilines is 3. The van der Waals surface area contributed by atoms with Gasteiger partial charge in [0.1, 0.15) is 0 Å². The number of aromatic nitrogens is 3. The maximum absolute atomic E-state index is 12.0. The minimum Gasteiger partial charge on any atom is -0.378 e. The standard InChI is InChI=1S/C21H25N5O/c1-15(2)13-26-14-16(5-10-20(26)27)19-11-12-22-21(24-19)23-17-6-8-18(9-7-17)25(3)4/h5-12,14-15H,13H2,1-4H3,(H,22,23,24). The lowest BCUT2D eigenvalue weighted by Gasteiger charge is -2.13. The number of benzene rings is 1. The van der Waals surface area contributed by atoms with Crippen LogP contribution in [0, 0.1) is 5.92 Å². The minimum absolute atomic E-state index is 0.000775. The Kier molecular flexibility index (Phi) is 5.54. The lowest BCUT2D eigenvalue weighted by molar-refractivity contribution is 0.511. The van der Waals surface area contributed by atoms with Crippen molar-refractivity contribution in [1.82, 2.24) is 14.5 Å². The Morgan fingerprint density at radius 2 is 1.81 bits per heavy atom. The third-order valence-corrected chi connectivity index (χ3v) is 4.14. The van der Waals surface area contributed by atoms with Gasteiger partial charge in [0.2, 0.25) is 5.95 Å². The first-order valence-electron chi connectivity index (χ1n) is 9.00.